The number of anilines is 1. The second-order valence-electron chi connectivity index (χ2n) is 4.97. The molecule has 0 saturated heterocycles. The molecule has 12 heteroatoms. The minimum Gasteiger partial charge on any atom is -0.406 e. The highest BCUT2D eigenvalue weighted by Crippen LogP contribution is 2.31. The predicted molar refractivity (Wildman–Crippen MR) is 90.1 cm³/mol. The Morgan fingerprint density at radius 3 is 2.88 bits per heavy atom. The van der Waals surface area contributed by atoms with E-state index in [4.69, 9.17) is 4.52 Å². The van der Waals surface area contributed by atoms with Crippen LogP contribution < -0.4 is 10.1 Å². The van der Waals surface area contributed by atoms with E-state index in [9.17, 15) is 18.0 Å². The van der Waals surface area contributed by atoms with Gasteiger partial charge in [-0.15, -0.1) is 24.9 Å². The number of alkyl halides is 3. The van der Waals surface area contributed by atoms with Gasteiger partial charge in [0.2, 0.25) is 11.8 Å². The number of thiazole rings is 1. The Kier molecular flexibility index (Phi) is 5.32. The fourth-order valence-electron chi connectivity index (χ4n) is 1.95. The quantitative estimate of drug-likeness (QED) is 0.669. The number of thioether (sulfide) groups is 1. The van der Waals surface area contributed by atoms with Crippen molar-refractivity contribution in [2.45, 2.75) is 19.0 Å². The van der Waals surface area contributed by atoms with Crippen LogP contribution >= 0.6 is 23.1 Å². The van der Waals surface area contributed by atoms with Gasteiger partial charge in [0.1, 0.15) is 5.75 Å². The molecule has 1 amide bonds. The molecular weight excluding hydrogens is 393 g/mol. The summed E-state index contributed by atoms with van der Waals surface area (Å²) in [7, 11) is 0. The first kappa shape index (κ1) is 18.5. The maximum atomic E-state index is 12.3. The summed E-state index contributed by atoms with van der Waals surface area (Å²) in [5.74, 6) is 0.888. The summed E-state index contributed by atoms with van der Waals surface area (Å²) in [6.07, 6.45) is -4.76. The molecule has 3 aromatic rings. The van der Waals surface area contributed by atoms with Gasteiger partial charge in [-0.2, -0.15) is 4.98 Å². The van der Waals surface area contributed by atoms with Crippen LogP contribution in [0.15, 0.2) is 22.7 Å². The van der Waals surface area contributed by atoms with E-state index >= 15 is 0 Å². The van der Waals surface area contributed by atoms with Gasteiger partial charge in [0, 0.05) is 13.0 Å². The number of nitrogens with zero attached hydrogens (tertiary/aromatic N) is 3. The van der Waals surface area contributed by atoms with Crippen LogP contribution in [0.5, 0.6) is 5.75 Å². The molecule has 0 radical (unpaired) electrons. The molecule has 0 bridgehead atoms. The van der Waals surface area contributed by atoms with Crippen molar-refractivity contribution in [2.24, 2.45) is 0 Å². The molecule has 2 aromatic heterocycles. The van der Waals surface area contributed by atoms with E-state index in [2.05, 4.69) is 25.2 Å². The van der Waals surface area contributed by atoms with E-state index in [0.29, 0.717) is 32.8 Å². The minimum atomic E-state index is -4.76. The summed E-state index contributed by atoms with van der Waals surface area (Å²) in [6, 6.07) is 3.79. The predicted octanol–water partition coefficient (Wildman–Crippen LogP) is 3.76. The molecule has 2 heterocycles. The summed E-state index contributed by atoms with van der Waals surface area (Å²) >= 11 is 2.36. The average molecular weight is 404 g/mol. The van der Waals surface area contributed by atoms with E-state index in [-0.39, 0.29) is 17.4 Å². The third-order valence-corrected chi connectivity index (χ3v) is 4.74. The van der Waals surface area contributed by atoms with Gasteiger partial charge < -0.3 is 14.6 Å². The van der Waals surface area contributed by atoms with Crippen molar-refractivity contribution < 1.29 is 27.2 Å². The number of halogens is 3. The van der Waals surface area contributed by atoms with Crippen LogP contribution in [0.25, 0.3) is 10.2 Å². The first-order valence-electron chi connectivity index (χ1n) is 7.11. The minimum absolute atomic E-state index is 0.145. The molecule has 0 atom stereocenters. The number of hydrogen-bond acceptors (Lipinski definition) is 8. The number of carbonyl (C=O) groups is 1. The van der Waals surface area contributed by atoms with Gasteiger partial charge in [-0.25, -0.2) is 4.98 Å². The lowest BCUT2D eigenvalue weighted by atomic mass is 10.3. The first-order valence-corrected chi connectivity index (χ1v) is 9.09. The van der Waals surface area contributed by atoms with Gasteiger partial charge in [-0.3, -0.25) is 4.79 Å². The number of nitrogens with one attached hydrogen (secondary N) is 1. The molecule has 0 fully saturated rings. The summed E-state index contributed by atoms with van der Waals surface area (Å²) in [5, 5.41) is 6.63. The molecule has 7 nitrogen and oxygen atoms in total. The van der Waals surface area contributed by atoms with Crippen LogP contribution in [0.3, 0.4) is 0 Å². The number of aromatic nitrogens is 3. The number of aryl methyl sites for hydroxylation is 1. The summed E-state index contributed by atoms with van der Waals surface area (Å²) in [5.41, 5.74) is 0.467. The Morgan fingerprint density at radius 1 is 1.38 bits per heavy atom. The number of benzene rings is 1. The zero-order valence-corrected chi connectivity index (χ0v) is 14.8. The summed E-state index contributed by atoms with van der Waals surface area (Å²) in [4.78, 5) is 20.1. The van der Waals surface area contributed by atoms with E-state index in [0.717, 1.165) is 11.3 Å². The molecule has 1 N–H and O–H groups in total. The van der Waals surface area contributed by atoms with Gasteiger partial charge in [0.15, 0.2) is 11.0 Å². The lowest BCUT2D eigenvalue weighted by Gasteiger charge is -2.07. The number of ether oxygens (including phenoxy) is 1. The number of hydrogen-bond donors (Lipinski definition) is 1. The molecule has 0 aliphatic heterocycles. The topological polar surface area (TPSA) is 90.1 Å². The molecule has 0 spiro atoms. The number of amides is 1. The molecule has 1 aromatic carbocycles. The van der Waals surface area contributed by atoms with Crippen LogP contribution in [-0.4, -0.2) is 33.1 Å². The zero-order chi connectivity index (χ0) is 18.7. The van der Waals surface area contributed by atoms with Crippen molar-refractivity contribution in [3.8, 4) is 5.75 Å². The average Bonchev–Trinajstić information content (AvgIpc) is 3.10. The molecule has 0 aliphatic rings. The van der Waals surface area contributed by atoms with Crippen molar-refractivity contribution in [3.63, 3.8) is 0 Å². The second kappa shape index (κ2) is 7.50. The van der Waals surface area contributed by atoms with Gasteiger partial charge >= 0.3 is 6.36 Å². The maximum Gasteiger partial charge on any atom is 0.573 e. The lowest BCUT2D eigenvalue weighted by Crippen LogP contribution is -2.16. The fraction of sp³-hybridized carbons (Fsp3) is 0.286. The molecule has 0 unspecified atom stereocenters. The highest BCUT2D eigenvalue weighted by molar-refractivity contribution is 7.99. The highest BCUT2D eigenvalue weighted by Gasteiger charge is 2.31. The highest BCUT2D eigenvalue weighted by atomic mass is 32.2. The fourth-order valence-corrected chi connectivity index (χ4v) is 3.52. The van der Waals surface area contributed by atoms with Gasteiger partial charge in [-0.05, 0) is 12.1 Å². The van der Waals surface area contributed by atoms with Crippen molar-refractivity contribution >= 4 is 44.4 Å². The smallest absolute Gasteiger partial charge is 0.406 e. The maximum absolute atomic E-state index is 12.3. The zero-order valence-electron chi connectivity index (χ0n) is 13.2. The Balaban J connectivity index is 1.56. The lowest BCUT2D eigenvalue weighted by molar-refractivity contribution is -0.274. The van der Waals surface area contributed by atoms with Crippen LogP contribution in [0.2, 0.25) is 0 Å². The van der Waals surface area contributed by atoms with Crippen LogP contribution in [-0.2, 0) is 10.5 Å². The van der Waals surface area contributed by atoms with E-state index in [1.54, 1.807) is 6.92 Å². The van der Waals surface area contributed by atoms with Crippen LogP contribution in [0.4, 0.5) is 18.3 Å². The summed E-state index contributed by atoms with van der Waals surface area (Å²) < 4.78 is 45.9. The van der Waals surface area contributed by atoms with Gasteiger partial charge in [-0.1, -0.05) is 16.5 Å². The standard InChI is InChI=1S/C14H11F3N4O3S2/c1-7-18-11(21-24-7)5-25-6-12(22)20-13-19-9-3-2-8(4-10(9)26-13)23-14(15,16)17/h2-4H,5-6H2,1H3,(H,19,20,22). The van der Waals surface area contributed by atoms with E-state index in [1.165, 1.54) is 30.0 Å². The Bertz CT molecular complexity index is 926. The molecule has 3 rings (SSSR count). The van der Waals surface area contributed by atoms with Crippen molar-refractivity contribution in [1.29, 1.82) is 0 Å². The Morgan fingerprint density at radius 2 is 2.19 bits per heavy atom. The van der Waals surface area contributed by atoms with Crippen LogP contribution in [0.1, 0.15) is 11.7 Å². The molecule has 26 heavy (non-hydrogen) atoms. The first-order chi connectivity index (χ1) is 12.3. The summed E-state index contributed by atoms with van der Waals surface area (Å²) in [6.45, 7) is 1.67. The molecular formula is C14H11F3N4O3S2. The van der Waals surface area contributed by atoms with Crippen molar-refractivity contribution in [2.75, 3.05) is 11.1 Å². The third-order valence-electron chi connectivity index (χ3n) is 2.87. The number of fused-ring (bicyclic) bond motifs is 1. The SMILES string of the molecule is Cc1nc(CSCC(=O)Nc2nc3ccc(OC(F)(F)F)cc3s2)no1. The number of rotatable bonds is 6. The largest absolute Gasteiger partial charge is 0.573 e. The van der Waals surface area contributed by atoms with Crippen LogP contribution in [0, 0.1) is 6.92 Å². The van der Waals surface area contributed by atoms with E-state index < -0.39 is 6.36 Å². The van der Waals surface area contributed by atoms with Gasteiger partial charge in [0.25, 0.3) is 0 Å². The van der Waals surface area contributed by atoms with Gasteiger partial charge in [0.05, 0.1) is 21.7 Å². The third kappa shape index (κ3) is 5.08. The van der Waals surface area contributed by atoms with Crippen molar-refractivity contribution in [1.82, 2.24) is 15.1 Å². The normalized spacial score (nSPS) is 11.7. The second-order valence-corrected chi connectivity index (χ2v) is 6.98. The molecule has 0 aliphatic carbocycles. The number of carbonyl (C=O) groups excluding carboxylic acids is 1. The van der Waals surface area contributed by atoms with Crippen molar-refractivity contribution in [3.05, 3.63) is 29.9 Å². The monoisotopic (exact) mass is 404 g/mol. The van der Waals surface area contributed by atoms with E-state index in [1.807, 2.05) is 0 Å². The Labute approximate surface area is 152 Å². The molecule has 0 saturated carbocycles. The Hall–Kier alpha value is -2.34. The molecule has 138 valence electrons.